The van der Waals surface area contributed by atoms with E-state index < -0.39 is 0 Å². The van der Waals surface area contributed by atoms with Crippen LogP contribution in [0.1, 0.15) is 23.7 Å². The molecule has 3 heterocycles. The molecule has 2 atom stereocenters. The van der Waals surface area contributed by atoms with Crippen LogP contribution in [-0.4, -0.2) is 38.3 Å². The van der Waals surface area contributed by atoms with Gasteiger partial charge in [-0.1, -0.05) is 0 Å². The second-order valence-electron chi connectivity index (χ2n) is 7.20. The molecule has 1 aliphatic carbocycles. The summed E-state index contributed by atoms with van der Waals surface area (Å²) in [5.41, 5.74) is 2.12. The Morgan fingerprint density at radius 2 is 2.10 bits per heavy atom. The van der Waals surface area contributed by atoms with Crippen LogP contribution in [0, 0.1) is 5.92 Å². The van der Waals surface area contributed by atoms with E-state index in [4.69, 9.17) is 9.47 Å². The first-order valence-corrected chi connectivity index (χ1v) is 9.47. The standard InChI is InChI=1S/C20H24N6O3/c1-25-7-6-14(23-25)10-21-18-9-19(24-26(2)20(18)27)29-12-13-8-16(13)17-5-4-15(28-3)11-22-17/h4-7,9,11,13,16,21H,8,10,12H2,1-3H3/t13-,16+/m1/s1. The highest BCUT2D eigenvalue weighted by atomic mass is 16.5. The highest BCUT2D eigenvalue weighted by molar-refractivity contribution is 5.43. The predicted molar refractivity (Wildman–Crippen MR) is 107 cm³/mol. The summed E-state index contributed by atoms with van der Waals surface area (Å²) in [5.74, 6) is 1.95. The second-order valence-corrected chi connectivity index (χ2v) is 7.20. The van der Waals surface area contributed by atoms with E-state index >= 15 is 0 Å². The third kappa shape index (κ3) is 4.39. The molecule has 0 spiro atoms. The molecule has 3 aromatic rings. The van der Waals surface area contributed by atoms with Crippen LogP contribution in [0.15, 0.2) is 41.5 Å². The first-order chi connectivity index (χ1) is 14.0. The Labute approximate surface area is 168 Å². The molecule has 0 aromatic carbocycles. The number of anilines is 1. The van der Waals surface area contributed by atoms with E-state index in [-0.39, 0.29) is 5.56 Å². The molecule has 1 saturated carbocycles. The maximum absolute atomic E-state index is 12.3. The Hall–Kier alpha value is -3.36. The van der Waals surface area contributed by atoms with Gasteiger partial charge in [0.25, 0.3) is 5.56 Å². The molecule has 9 nitrogen and oxygen atoms in total. The predicted octanol–water partition coefficient (Wildman–Crippen LogP) is 1.71. The number of nitrogens with zero attached hydrogens (tertiary/aromatic N) is 5. The second kappa shape index (κ2) is 7.94. The number of aryl methyl sites for hydroxylation is 2. The largest absolute Gasteiger partial charge is 0.495 e. The molecule has 152 valence electrons. The summed E-state index contributed by atoms with van der Waals surface area (Å²) in [5, 5.41) is 11.6. The van der Waals surface area contributed by atoms with Crippen LogP contribution in [0.25, 0.3) is 0 Å². The lowest BCUT2D eigenvalue weighted by Crippen LogP contribution is -2.24. The molecule has 0 saturated heterocycles. The normalized spacial score (nSPS) is 17.8. The van der Waals surface area contributed by atoms with E-state index in [1.54, 1.807) is 31.1 Å². The van der Waals surface area contributed by atoms with Crippen molar-refractivity contribution in [2.75, 3.05) is 19.0 Å². The smallest absolute Gasteiger partial charge is 0.290 e. The van der Waals surface area contributed by atoms with Gasteiger partial charge in [-0.3, -0.25) is 14.5 Å². The summed E-state index contributed by atoms with van der Waals surface area (Å²) in [6, 6.07) is 7.46. The molecule has 1 fully saturated rings. The van der Waals surface area contributed by atoms with Crippen LogP contribution in [-0.2, 0) is 20.6 Å². The van der Waals surface area contributed by atoms with Gasteiger partial charge in [0.1, 0.15) is 11.4 Å². The number of ether oxygens (including phenoxy) is 2. The first-order valence-electron chi connectivity index (χ1n) is 9.47. The van der Waals surface area contributed by atoms with E-state index in [9.17, 15) is 4.79 Å². The van der Waals surface area contributed by atoms with Crippen molar-refractivity contribution < 1.29 is 9.47 Å². The minimum Gasteiger partial charge on any atom is -0.495 e. The topological polar surface area (TPSA) is 96.1 Å². The molecule has 0 aliphatic heterocycles. The number of hydrogen-bond donors (Lipinski definition) is 1. The van der Waals surface area contributed by atoms with Gasteiger partial charge in [0, 0.05) is 43.9 Å². The Kier molecular flexibility index (Phi) is 5.20. The molecule has 0 amide bonds. The lowest BCUT2D eigenvalue weighted by molar-refractivity contribution is 0.278. The van der Waals surface area contributed by atoms with Crippen molar-refractivity contribution >= 4 is 5.69 Å². The third-order valence-corrected chi connectivity index (χ3v) is 5.01. The van der Waals surface area contributed by atoms with Gasteiger partial charge in [-0.05, 0) is 24.6 Å². The Morgan fingerprint density at radius 1 is 1.24 bits per heavy atom. The summed E-state index contributed by atoms with van der Waals surface area (Å²) in [6.07, 6.45) is 4.62. The fourth-order valence-electron chi connectivity index (χ4n) is 3.24. The van der Waals surface area contributed by atoms with Crippen molar-refractivity contribution in [3.05, 3.63) is 58.4 Å². The number of aromatic nitrogens is 5. The molecule has 0 unspecified atom stereocenters. The summed E-state index contributed by atoms with van der Waals surface area (Å²) in [4.78, 5) is 16.8. The lowest BCUT2D eigenvalue weighted by Gasteiger charge is -2.10. The Morgan fingerprint density at radius 3 is 2.79 bits per heavy atom. The maximum Gasteiger partial charge on any atom is 0.290 e. The maximum atomic E-state index is 12.3. The Balaban J connectivity index is 1.36. The zero-order valence-electron chi connectivity index (χ0n) is 16.7. The molecule has 3 aromatic heterocycles. The fourth-order valence-corrected chi connectivity index (χ4v) is 3.24. The number of methoxy groups -OCH3 is 1. The van der Waals surface area contributed by atoms with Gasteiger partial charge in [0.05, 0.1) is 32.2 Å². The fraction of sp³-hybridized carbons (Fsp3) is 0.400. The Bertz CT molecular complexity index is 1040. The molecule has 4 rings (SSSR count). The summed E-state index contributed by atoms with van der Waals surface area (Å²) in [6.45, 7) is 0.983. The van der Waals surface area contributed by atoms with Crippen molar-refractivity contribution in [2.45, 2.75) is 18.9 Å². The minimum atomic E-state index is -0.208. The average molecular weight is 396 g/mol. The lowest BCUT2D eigenvalue weighted by atomic mass is 10.2. The van der Waals surface area contributed by atoms with Crippen molar-refractivity contribution in [1.29, 1.82) is 0 Å². The van der Waals surface area contributed by atoms with Crippen LogP contribution in [0.5, 0.6) is 11.6 Å². The van der Waals surface area contributed by atoms with Gasteiger partial charge >= 0.3 is 0 Å². The van der Waals surface area contributed by atoms with Crippen molar-refractivity contribution in [1.82, 2.24) is 24.5 Å². The summed E-state index contributed by atoms with van der Waals surface area (Å²) >= 11 is 0. The molecule has 1 aliphatic rings. The third-order valence-electron chi connectivity index (χ3n) is 5.01. The van der Waals surface area contributed by atoms with Gasteiger partial charge in [0.15, 0.2) is 0 Å². The van der Waals surface area contributed by atoms with Gasteiger partial charge < -0.3 is 14.8 Å². The van der Waals surface area contributed by atoms with E-state index in [2.05, 4.69) is 20.5 Å². The highest BCUT2D eigenvalue weighted by Crippen LogP contribution is 2.46. The summed E-state index contributed by atoms with van der Waals surface area (Å²) in [7, 11) is 5.10. The van der Waals surface area contributed by atoms with Crippen molar-refractivity contribution in [3.8, 4) is 11.6 Å². The quantitative estimate of drug-likeness (QED) is 0.619. The zero-order valence-corrected chi connectivity index (χ0v) is 16.7. The SMILES string of the molecule is COc1ccc([C@H]2C[C@@H]2COc2cc(NCc3ccn(C)n3)c(=O)n(C)n2)nc1. The monoisotopic (exact) mass is 396 g/mol. The van der Waals surface area contributed by atoms with Gasteiger partial charge in [-0.15, -0.1) is 5.10 Å². The molecule has 0 bridgehead atoms. The average Bonchev–Trinajstić information content (AvgIpc) is 3.39. The van der Waals surface area contributed by atoms with Gasteiger partial charge in [0.2, 0.25) is 5.88 Å². The van der Waals surface area contributed by atoms with E-state index in [0.29, 0.717) is 36.6 Å². The van der Waals surface area contributed by atoms with Crippen LogP contribution in [0.4, 0.5) is 5.69 Å². The van der Waals surface area contributed by atoms with Crippen LogP contribution in [0.2, 0.25) is 0 Å². The molecular weight excluding hydrogens is 372 g/mol. The van der Waals surface area contributed by atoms with Crippen molar-refractivity contribution in [2.24, 2.45) is 20.0 Å². The highest BCUT2D eigenvalue weighted by Gasteiger charge is 2.40. The molecule has 1 N–H and O–H groups in total. The zero-order chi connectivity index (χ0) is 20.4. The molecule has 9 heteroatoms. The van der Waals surface area contributed by atoms with Crippen LogP contribution in [0.3, 0.4) is 0 Å². The van der Waals surface area contributed by atoms with Crippen LogP contribution >= 0.6 is 0 Å². The molecule has 0 radical (unpaired) electrons. The summed E-state index contributed by atoms with van der Waals surface area (Å²) < 4.78 is 14.0. The van der Waals surface area contributed by atoms with Gasteiger partial charge in [-0.25, -0.2) is 4.68 Å². The number of nitrogens with one attached hydrogen (secondary N) is 1. The van der Waals surface area contributed by atoms with Crippen molar-refractivity contribution in [3.63, 3.8) is 0 Å². The number of pyridine rings is 1. The van der Waals surface area contributed by atoms with E-state index in [1.807, 2.05) is 31.4 Å². The van der Waals surface area contributed by atoms with E-state index in [1.165, 1.54) is 4.68 Å². The number of hydrogen-bond acceptors (Lipinski definition) is 7. The van der Waals surface area contributed by atoms with E-state index in [0.717, 1.165) is 23.6 Å². The molecule has 29 heavy (non-hydrogen) atoms. The first kappa shape index (κ1) is 19.0. The van der Waals surface area contributed by atoms with Crippen LogP contribution < -0.4 is 20.3 Å². The molecular formula is C20H24N6O3. The minimum absolute atomic E-state index is 0.208. The number of rotatable bonds is 8. The van der Waals surface area contributed by atoms with Gasteiger partial charge in [-0.2, -0.15) is 5.10 Å².